The van der Waals surface area contributed by atoms with Crippen molar-refractivity contribution in [3.8, 4) is 0 Å². The highest BCUT2D eigenvalue weighted by Crippen LogP contribution is 2.20. The van der Waals surface area contributed by atoms with E-state index in [0.29, 0.717) is 25.1 Å². The number of aliphatic carboxylic acids is 1. The van der Waals surface area contributed by atoms with Crippen molar-refractivity contribution in [2.24, 2.45) is 11.7 Å². The van der Waals surface area contributed by atoms with E-state index in [9.17, 15) is 24.3 Å². The molecule has 0 bridgehead atoms. The molecule has 1 saturated heterocycles. The van der Waals surface area contributed by atoms with Gasteiger partial charge in [0.25, 0.3) is 0 Å². The molecule has 12 nitrogen and oxygen atoms in total. The van der Waals surface area contributed by atoms with Gasteiger partial charge in [-0.15, -0.1) is 0 Å². The summed E-state index contributed by atoms with van der Waals surface area (Å²) in [6.07, 6.45) is 4.23. The van der Waals surface area contributed by atoms with E-state index in [-0.39, 0.29) is 18.8 Å². The maximum Gasteiger partial charge on any atom is 0.326 e. The summed E-state index contributed by atoms with van der Waals surface area (Å²) in [6.45, 7) is 3.42. The van der Waals surface area contributed by atoms with Crippen molar-refractivity contribution < 1.29 is 29.4 Å². The summed E-state index contributed by atoms with van der Waals surface area (Å²) in [5.74, 6) is -2.81. The zero-order valence-electron chi connectivity index (χ0n) is 18.3. The van der Waals surface area contributed by atoms with Gasteiger partial charge in [0.05, 0.1) is 12.9 Å². The number of aliphatic hydroxyl groups excluding tert-OH is 1. The smallest absolute Gasteiger partial charge is 0.326 e. The number of aromatic nitrogens is 2. The number of carboxylic acids is 1. The fraction of sp³-hybridized carbons (Fsp3) is 0.650. The SMILES string of the molecule is CC(C)CC(NC(=O)C1CCCN1C(=O)C(Cc1cnc[nH]1)NC(=O)C(N)CO)C(=O)O. The van der Waals surface area contributed by atoms with Crippen LogP contribution in [0.2, 0.25) is 0 Å². The van der Waals surface area contributed by atoms with Crippen LogP contribution in [0.25, 0.3) is 0 Å². The lowest BCUT2D eigenvalue weighted by Gasteiger charge is -2.30. The lowest BCUT2D eigenvalue weighted by Crippen LogP contribution is -2.57. The van der Waals surface area contributed by atoms with Crippen LogP contribution in [0.1, 0.15) is 38.8 Å². The summed E-state index contributed by atoms with van der Waals surface area (Å²) in [4.78, 5) is 58.0. The second-order valence-electron chi connectivity index (χ2n) is 8.35. The van der Waals surface area contributed by atoms with Gasteiger partial charge in [-0.05, 0) is 25.2 Å². The molecule has 1 aliphatic rings. The third-order valence-corrected chi connectivity index (χ3v) is 5.29. The van der Waals surface area contributed by atoms with Crippen LogP contribution >= 0.6 is 0 Å². The molecule has 0 radical (unpaired) electrons. The minimum absolute atomic E-state index is 0.0578. The van der Waals surface area contributed by atoms with Crippen molar-refractivity contribution in [3.05, 3.63) is 18.2 Å². The third kappa shape index (κ3) is 6.76. The van der Waals surface area contributed by atoms with Gasteiger partial charge in [0.1, 0.15) is 24.2 Å². The van der Waals surface area contributed by atoms with E-state index < -0.39 is 54.5 Å². The van der Waals surface area contributed by atoms with Crippen molar-refractivity contribution in [2.45, 2.75) is 63.7 Å². The van der Waals surface area contributed by atoms with Crippen LogP contribution in [0.3, 0.4) is 0 Å². The first-order valence-corrected chi connectivity index (χ1v) is 10.6. The van der Waals surface area contributed by atoms with Crippen LogP contribution < -0.4 is 16.4 Å². The molecule has 0 saturated carbocycles. The number of aliphatic hydroxyl groups is 1. The van der Waals surface area contributed by atoms with Crippen LogP contribution in [0.5, 0.6) is 0 Å². The molecule has 3 amide bonds. The number of nitrogens with one attached hydrogen (secondary N) is 3. The zero-order chi connectivity index (χ0) is 23.8. The van der Waals surface area contributed by atoms with Gasteiger partial charge in [-0.1, -0.05) is 13.8 Å². The lowest BCUT2D eigenvalue weighted by molar-refractivity contribution is -0.145. The van der Waals surface area contributed by atoms with Crippen molar-refractivity contribution in [2.75, 3.05) is 13.2 Å². The third-order valence-electron chi connectivity index (χ3n) is 5.29. The molecule has 0 aliphatic carbocycles. The Morgan fingerprint density at radius 1 is 1.28 bits per heavy atom. The maximum atomic E-state index is 13.3. The number of imidazole rings is 1. The fourth-order valence-electron chi connectivity index (χ4n) is 3.64. The molecule has 1 aliphatic heterocycles. The first-order valence-electron chi connectivity index (χ1n) is 10.6. The number of carboxylic acid groups (broad SMARTS) is 1. The molecule has 0 spiro atoms. The van der Waals surface area contributed by atoms with Crippen LogP contribution in [0.4, 0.5) is 0 Å². The second kappa shape index (κ2) is 11.6. The first kappa shape index (κ1) is 25.3. The summed E-state index contributed by atoms with van der Waals surface area (Å²) in [5, 5.41) is 23.6. The molecule has 7 N–H and O–H groups in total. The van der Waals surface area contributed by atoms with Gasteiger partial charge in [-0.3, -0.25) is 14.4 Å². The number of H-pyrrole nitrogens is 1. The largest absolute Gasteiger partial charge is 0.480 e. The number of hydrogen-bond acceptors (Lipinski definition) is 7. The normalized spacial score (nSPS) is 18.8. The maximum absolute atomic E-state index is 13.3. The van der Waals surface area contributed by atoms with E-state index in [1.54, 1.807) is 0 Å². The Morgan fingerprint density at radius 3 is 2.56 bits per heavy atom. The van der Waals surface area contributed by atoms with Gasteiger partial charge in [0, 0.05) is 24.9 Å². The number of nitrogens with zero attached hydrogens (tertiary/aromatic N) is 2. The molecule has 12 heteroatoms. The second-order valence-corrected chi connectivity index (χ2v) is 8.35. The van der Waals surface area contributed by atoms with Gasteiger partial charge in [-0.25, -0.2) is 9.78 Å². The molecule has 178 valence electrons. The Balaban J connectivity index is 2.16. The number of likely N-dealkylation sites (tertiary alicyclic amines) is 1. The molecule has 1 fully saturated rings. The standard InChI is InChI=1S/C20H32N6O6/c1-11(2)6-15(20(31)32)25-18(29)16-4-3-5-26(16)19(30)14(7-12-8-22-10-23-12)24-17(28)13(21)9-27/h8,10-11,13-16,27H,3-7,9,21H2,1-2H3,(H,22,23)(H,24,28)(H,25,29)(H,31,32). The van der Waals surface area contributed by atoms with Gasteiger partial charge < -0.3 is 36.5 Å². The molecular formula is C20H32N6O6. The van der Waals surface area contributed by atoms with Crippen molar-refractivity contribution in [1.29, 1.82) is 0 Å². The number of aromatic amines is 1. The van der Waals surface area contributed by atoms with E-state index >= 15 is 0 Å². The molecule has 2 heterocycles. The number of rotatable bonds is 11. The molecular weight excluding hydrogens is 420 g/mol. The molecule has 2 rings (SSSR count). The van der Waals surface area contributed by atoms with Crippen LogP contribution in [-0.4, -0.2) is 86.1 Å². The van der Waals surface area contributed by atoms with Crippen molar-refractivity contribution >= 4 is 23.7 Å². The number of hydrogen-bond donors (Lipinski definition) is 6. The van der Waals surface area contributed by atoms with Crippen LogP contribution in [0.15, 0.2) is 12.5 Å². The molecule has 1 aromatic rings. The Bertz CT molecular complexity index is 799. The van der Waals surface area contributed by atoms with Gasteiger partial charge >= 0.3 is 5.97 Å². The highest BCUT2D eigenvalue weighted by Gasteiger charge is 2.39. The van der Waals surface area contributed by atoms with Gasteiger partial charge in [0.2, 0.25) is 17.7 Å². The van der Waals surface area contributed by atoms with E-state index in [0.717, 1.165) is 0 Å². The molecule has 4 atom stereocenters. The quantitative estimate of drug-likeness (QED) is 0.230. The van der Waals surface area contributed by atoms with E-state index in [1.165, 1.54) is 17.4 Å². The zero-order valence-corrected chi connectivity index (χ0v) is 18.3. The predicted molar refractivity (Wildman–Crippen MR) is 113 cm³/mol. The number of nitrogens with two attached hydrogens (primary N) is 1. The summed E-state index contributed by atoms with van der Waals surface area (Å²) in [5.41, 5.74) is 6.15. The predicted octanol–water partition coefficient (Wildman–Crippen LogP) is -1.64. The van der Waals surface area contributed by atoms with Crippen LogP contribution in [0, 0.1) is 5.92 Å². The Hall–Kier alpha value is -2.99. The van der Waals surface area contributed by atoms with Gasteiger partial charge in [0.15, 0.2) is 0 Å². The topological polar surface area (TPSA) is 191 Å². The Labute approximate surface area is 185 Å². The number of carbonyl (C=O) groups excluding carboxylic acids is 3. The van der Waals surface area contributed by atoms with E-state index in [2.05, 4.69) is 20.6 Å². The Kier molecular flexibility index (Phi) is 9.14. The average Bonchev–Trinajstić information content (AvgIpc) is 3.43. The number of amides is 3. The highest BCUT2D eigenvalue weighted by atomic mass is 16.4. The summed E-state index contributed by atoms with van der Waals surface area (Å²) < 4.78 is 0. The molecule has 4 unspecified atom stereocenters. The summed E-state index contributed by atoms with van der Waals surface area (Å²) in [6, 6.07) is -4.13. The number of carbonyl (C=O) groups is 4. The summed E-state index contributed by atoms with van der Waals surface area (Å²) >= 11 is 0. The lowest BCUT2D eigenvalue weighted by atomic mass is 10.0. The van der Waals surface area contributed by atoms with E-state index in [4.69, 9.17) is 10.8 Å². The van der Waals surface area contributed by atoms with Gasteiger partial charge in [-0.2, -0.15) is 0 Å². The van der Waals surface area contributed by atoms with Crippen molar-refractivity contribution in [1.82, 2.24) is 25.5 Å². The fourth-order valence-corrected chi connectivity index (χ4v) is 3.64. The van der Waals surface area contributed by atoms with Crippen LogP contribution in [-0.2, 0) is 25.6 Å². The highest BCUT2D eigenvalue weighted by molar-refractivity contribution is 5.94. The minimum atomic E-state index is -1.20. The Morgan fingerprint density at radius 2 is 2.00 bits per heavy atom. The molecule has 0 aromatic carbocycles. The van der Waals surface area contributed by atoms with Crippen molar-refractivity contribution in [3.63, 3.8) is 0 Å². The van der Waals surface area contributed by atoms with E-state index in [1.807, 2.05) is 13.8 Å². The summed E-state index contributed by atoms with van der Waals surface area (Å²) in [7, 11) is 0. The average molecular weight is 453 g/mol. The first-order chi connectivity index (χ1) is 15.1. The molecule has 32 heavy (non-hydrogen) atoms. The minimum Gasteiger partial charge on any atom is -0.480 e. The monoisotopic (exact) mass is 452 g/mol. The molecule has 1 aromatic heterocycles.